The smallest absolute Gasteiger partial charge is 0.0767 e. The summed E-state index contributed by atoms with van der Waals surface area (Å²) < 4.78 is 1.29. The zero-order valence-electron chi connectivity index (χ0n) is 19.2. The monoisotopic (exact) mass is 446 g/mol. The average molecular weight is 448 g/mol. The first-order chi connectivity index (χ1) is 13.0. The van der Waals surface area contributed by atoms with E-state index in [0.29, 0.717) is 23.7 Å². The highest BCUT2D eigenvalue weighted by Gasteiger charge is 2.16. The molecule has 2 rings (SSSR count). The third-order valence-electron chi connectivity index (χ3n) is 5.14. The number of halogens is 1. The highest BCUT2D eigenvalue weighted by Crippen LogP contribution is 2.33. The summed E-state index contributed by atoms with van der Waals surface area (Å²) in [5.74, 6) is 2.11. The molecule has 1 unspecified atom stereocenters. The van der Waals surface area contributed by atoms with Crippen LogP contribution < -0.4 is 0 Å². The van der Waals surface area contributed by atoms with Gasteiger partial charge in [0.2, 0.25) is 0 Å². The SMILES string of the molecule is CC(C)c1cccc(C(C)C)c1Br.CC(C)c1cccc(C(C)C)c1C(C)O. The fraction of sp³-hybridized carbons (Fsp3) is 0.538. The Kier molecular flexibility index (Phi) is 9.94. The van der Waals surface area contributed by atoms with Crippen molar-refractivity contribution in [2.24, 2.45) is 0 Å². The van der Waals surface area contributed by atoms with Gasteiger partial charge in [-0.3, -0.25) is 0 Å². The molecule has 0 fully saturated rings. The molecule has 1 nitrogen and oxygen atoms in total. The summed E-state index contributed by atoms with van der Waals surface area (Å²) in [4.78, 5) is 0. The summed E-state index contributed by atoms with van der Waals surface area (Å²) in [6, 6.07) is 12.9. The molecule has 0 spiro atoms. The minimum absolute atomic E-state index is 0.374. The largest absolute Gasteiger partial charge is 0.389 e. The summed E-state index contributed by atoms with van der Waals surface area (Å²) >= 11 is 3.68. The van der Waals surface area contributed by atoms with Gasteiger partial charge in [0, 0.05) is 4.47 Å². The molecule has 2 aromatic carbocycles. The molecule has 2 aromatic rings. The van der Waals surface area contributed by atoms with Crippen molar-refractivity contribution in [1.82, 2.24) is 0 Å². The molecule has 1 atom stereocenters. The first-order valence-corrected chi connectivity index (χ1v) is 11.4. The van der Waals surface area contributed by atoms with Gasteiger partial charge in [-0.1, -0.05) is 108 Å². The quantitative estimate of drug-likeness (QED) is 0.486. The summed E-state index contributed by atoms with van der Waals surface area (Å²) in [7, 11) is 0. The van der Waals surface area contributed by atoms with Gasteiger partial charge >= 0.3 is 0 Å². The van der Waals surface area contributed by atoms with E-state index < -0.39 is 0 Å². The van der Waals surface area contributed by atoms with Crippen LogP contribution in [-0.4, -0.2) is 5.11 Å². The molecular formula is C26H39BrO. The second-order valence-electron chi connectivity index (χ2n) is 8.90. The van der Waals surface area contributed by atoms with Crippen molar-refractivity contribution < 1.29 is 5.11 Å². The number of hydrogen-bond acceptors (Lipinski definition) is 1. The van der Waals surface area contributed by atoms with Gasteiger partial charge in [-0.2, -0.15) is 0 Å². The van der Waals surface area contributed by atoms with E-state index in [0.717, 1.165) is 5.56 Å². The molecule has 28 heavy (non-hydrogen) atoms. The number of aliphatic hydroxyl groups is 1. The Labute approximate surface area is 181 Å². The average Bonchev–Trinajstić information content (AvgIpc) is 2.61. The predicted octanol–water partition coefficient (Wildman–Crippen LogP) is 8.68. The topological polar surface area (TPSA) is 20.2 Å². The zero-order valence-corrected chi connectivity index (χ0v) is 20.8. The maximum absolute atomic E-state index is 9.88. The predicted molar refractivity (Wildman–Crippen MR) is 128 cm³/mol. The number of aliphatic hydroxyl groups excluding tert-OH is 1. The highest BCUT2D eigenvalue weighted by atomic mass is 79.9. The number of rotatable bonds is 5. The molecule has 0 amide bonds. The van der Waals surface area contributed by atoms with Crippen molar-refractivity contribution in [1.29, 1.82) is 0 Å². The van der Waals surface area contributed by atoms with Crippen LogP contribution in [0.1, 0.15) is 120 Å². The van der Waals surface area contributed by atoms with E-state index in [2.05, 4.69) is 108 Å². The van der Waals surface area contributed by atoms with Crippen molar-refractivity contribution in [3.05, 3.63) is 68.7 Å². The Morgan fingerprint density at radius 3 is 1.11 bits per heavy atom. The standard InChI is InChI=1S/C14H22O.C12H17Br/c1-9(2)12-7-6-8-13(10(3)4)14(12)11(5)15;1-8(2)10-6-5-7-11(9(3)4)12(10)13/h6-11,15H,1-5H3;5-9H,1-4H3. The minimum atomic E-state index is -0.374. The van der Waals surface area contributed by atoms with E-state index in [-0.39, 0.29) is 6.10 Å². The van der Waals surface area contributed by atoms with Crippen molar-refractivity contribution in [3.8, 4) is 0 Å². The van der Waals surface area contributed by atoms with Gasteiger partial charge in [0.25, 0.3) is 0 Å². The van der Waals surface area contributed by atoms with Crippen LogP contribution >= 0.6 is 15.9 Å². The number of hydrogen-bond donors (Lipinski definition) is 1. The molecule has 0 saturated carbocycles. The molecule has 156 valence electrons. The van der Waals surface area contributed by atoms with E-state index in [4.69, 9.17) is 0 Å². The van der Waals surface area contributed by atoms with Crippen LogP contribution in [0.5, 0.6) is 0 Å². The lowest BCUT2D eigenvalue weighted by atomic mass is 9.86. The van der Waals surface area contributed by atoms with E-state index in [9.17, 15) is 5.11 Å². The van der Waals surface area contributed by atoms with Crippen LogP contribution in [0.25, 0.3) is 0 Å². The molecule has 0 aliphatic rings. The second kappa shape index (κ2) is 11.2. The van der Waals surface area contributed by atoms with Gasteiger partial charge in [-0.25, -0.2) is 0 Å². The van der Waals surface area contributed by atoms with Gasteiger partial charge in [0.05, 0.1) is 6.10 Å². The first kappa shape index (κ1) is 24.9. The van der Waals surface area contributed by atoms with Crippen LogP contribution in [0, 0.1) is 0 Å². The van der Waals surface area contributed by atoms with Crippen LogP contribution in [0.15, 0.2) is 40.9 Å². The number of benzene rings is 2. The van der Waals surface area contributed by atoms with Gasteiger partial charge in [0.15, 0.2) is 0 Å². The van der Waals surface area contributed by atoms with E-state index >= 15 is 0 Å². The second-order valence-corrected chi connectivity index (χ2v) is 9.69. The summed E-state index contributed by atoms with van der Waals surface area (Å²) in [6.07, 6.45) is -0.374. The summed E-state index contributed by atoms with van der Waals surface area (Å²) in [5, 5.41) is 9.88. The van der Waals surface area contributed by atoms with Crippen LogP contribution in [0.4, 0.5) is 0 Å². The van der Waals surface area contributed by atoms with E-state index in [1.165, 1.54) is 26.7 Å². The lowest BCUT2D eigenvalue weighted by Gasteiger charge is -2.21. The van der Waals surface area contributed by atoms with Crippen LogP contribution in [0.3, 0.4) is 0 Å². The van der Waals surface area contributed by atoms with Gasteiger partial charge in [-0.15, -0.1) is 0 Å². The Hall–Kier alpha value is -1.12. The molecule has 0 aromatic heterocycles. The Morgan fingerprint density at radius 2 is 0.857 bits per heavy atom. The summed E-state index contributed by atoms with van der Waals surface area (Å²) in [5.41, 5.74) is 6.49. The van der Waals surface area contributed by atoms with Gasteiger partial charge in [0.1, 0.15) is 0 Å². The van der Waals surface area contributed by atoms with E-state index in [1.54, 1.807) is 0 Å². The molecule has 1 N–H and O–H groups in total. The molecule has 0 bridgehead atoms. The first-order valence-electron chi connectivity index (χ1n) is 10.6. The Bertz CT molecular complexity index is 690. The van der Waals surface area contributed by atoms with Crippen molar-refractivity contribution in [2.75, 3.05) is 0 Å². The third kappa shape index (κ3) is 6.46. The third-order valence-corrected chi connectivity index (χ3v) is 6.05. The van der Waals surface area contributed by atoms with Crippen molar-refractivity contribution >= 4 is 15.9 Å². The van der Waals surface area contributed by atoms with Crippen LogP contribution in [0.2, 0.25) is 0 Å². The normalized spacial score (nSPS) is 12.5. The Balaban J connectivity index is 0.000000283. The molecule has 0 saturated heterocycles. The lowest BCUT2D eigenvalue weighted by molar-refractivity contribution is 0.196. The zero-order chi connectivity index (χ0) is 21.6. The lowest BCUT2D eigenvalue weighted by Crippen LogP contribution is -2.06. The van der Waals surface area contributed by atoms with Crippen molar-refractivity contribution in [3.63, 3.8) is 0 Å². The Morgan fingerprint density at radius 1 is 0.571 bits per heavy atom. The molecule has 2 heteroatoms. The molecule has 0 radical (unpaired) electrons. The minimum Gasteiger partial charge on any atom is -0.389 e. The summed E-state index contributed by atoms with van der Waals surface area (Å²) in [6.45, 7) is 19.4. The van der Waals surface area contributed by atoms with Crippen molar-refractivity contribution in [2.45, 2.75) is 92.1 Å². The van der Waals surface area contributed by atoms with Crippen LogP contribution in [-0.2, 0) is 0 Å². The highest BCUT2D eigenvalue weighted by molar-refractivity contribution is 9.10. The molecule has 0 aliphatic heterocycles. The maximum atomic E-state index is 9.88. The van der Waals surface area contributed by atoms with E-state index in [1.807, 2.05) is 6.92 Å². The molecule has 0 heterocycles. The fourth-order valence-electron chi connectivity index (χ4n) is 3.55. The molecule has 0 aliphatic carbocycles. The maximum Gasteiger partial charge on any atom is 0.0767 e. The van der Waals surface area contributed by atoms with Gasteiger partial charge in [-0.05, 0) is 58.4 Å². The fourth-order valence-corrected chi connectivity index (χ4v) is 4.73. The molecular weight excluding hydrogens is 408 g/mol. The van der Waals surface area contributed by atoms with Gasteiger partial charge < -0.3 is 5.11 Å².